The van der Waals surface area contributed by atoms with E-state index < -0.39 is 0 Å². The predicted molar refractivity (Wildman–Crippen MR) is 169 cm³/mol. The molecule has 0 unspecified atom stereocenters. The Balaban J connectivity index is 1.20. The maximum atomic E-state index is 5.13. The third kappa shape index (κ3) is 4.00. The molecule has 0 spiro atoms. The molecule has 1 aliphatic heterocycles. The van der Waals surface area contributed by atoms with Gasteiger partial charge < -0.3 is 5.32 Å². The first-order valence-corrected chi connectivity index (χ1v) is 13.9. The Morgan fingerprint density at radius 2 is 1.29 bits per heavy atom. The molecule has 0 amide bonds. The quantitative estimate of drug-likeness (QED) is 0.250. The molecule has 0 saturated carbocycles. The van der Waals surface area contributed by atoms with Crippen LogP contribution in [0.3, 0.4) is 0 Å². The van der Waals surface area contributed by atoms with Gasteiger partial charge in [0.2, 0.25) is 0 Å². The summed E-state index contributed by atoms with van der Waals surface area (Å²) in [7, 11) is 0. The molecule has 3 aromatic heterocycles. The number of hydrogen-bond acceptors (Lipinski definition) is 3. The molecule has 0 bridgehead atoms. The molecule has 4 aromatic carbocycles. The summed E-state index contributed by atoms with van der Waals surface area (Å²) < 4.78 is 2.27. The standard InChI is InChI=1S/C37H26N4/c1-2-13-28-25(9-1)10-6-15-29(28)26-11-5-12-27(23-26)32-16-7-17-33(39-32)34-18-8-20-37(40-34)41-35-19-4-3-14-30(35)31-21-22-38-24-36(31)41/h1-23,38H,24H2. The van der Waals surface area contributed by atoms with Crippen LogP contribution in [-0.4, -0.2) is 14.5 Å². The lowest BCUT2D eigenvalue weighted by Gasteiger charge is -2.14. The monoisotopic (exact) mass is 526 g/mol. The van der Waals surface area contributed by atoms with Gasteiger partial charge in [0, 0.05) is 16.5 Å². The number of hydrogen-bond donors (Lipinski definition) is 1. The Hall–Kier alpha value is -5.48. The minimum absolute atomic E-state index is 0.757. The van der Waals surface area contributed by atoms with E-state index in [2.05, 4.69) is 131 Å². The van der Waals surface area contributed by atoms with Crippen molar-refractivity contribution in [1.82, 2.24) is 19.9 Å². The van der Waals surface area contributed by atoms with Crippen molar-refractivity contribution in [2.75, 3.05) is 0 Å². The summed E-state index contributed by atoms with van der Waals surface area (Å²) in [5, 5.41) is 7.09. The number of nitrogens with one attached hydrogen (secondary N) is 1. The van der Waals surface area contributed by atoms with E-state index in [4.69, 9.17) is 9.97 Å². The van der Waals surface area contributed by atoms with Crippen molar-refractivity contribution < 1.29 is 0 Å². The smallest absolute Gasteiger partial charge is 0.138 e. The van der Waals surface area contributed by atoms with Crippen molar-refractivity contribution in [2.45, 2.75) is 6.54 Å². The van der Waals surface area contributed by atoms with Gasteiger partial charge in [0.15, 0.2) is 0 Å². The highest BCUT2D eigenvalue weighted by Crippen LogP contribution is 2.34. The molecule has 4 heteroatoms. The van der Waals surface area contributed by atoms with Gasteiger partial charge in [0.05, 0.1) is 34.8 Å². The van der Waals surface area contributed by atoms with Crippen molar-refractivity contribution in [2.24, 2.45) is 0 Å². The number of pyridine rings is 2. The summed E-state index contributed by atoms with van der Waals surface area (Å²) in [5.41, 5.74) is 9.72. The van der Waals surface area contributed by atoms with Crippen molar-refractivity contribution in [1.29, 1.82) is 0 Å². The Bertz CT molecular complexity index is 2110. The molecule has 0 radical (unpaired) electrons. The van der Waals surface area contributed by atoms with Crippen LogP contribution in [0.2, 0.25) is 0 Å². The Kier molecular flexibility index (Phi) is 5.49. The second kappa shape index (κ2) is 9.61. The first kappa shape index (κ1) is 23.4. The van der Waals surface area contributed by atoms with Crippen LogP contribution in [-0.2, 0) is 6.54 Å². The van der Waals surface area contributed by atoms with Gasteiger partial charge in [-0.1, -0.05) is 91.0 Å². The van der Waals surface area contributed by atoms with Crippen LogP contribution >= 0.6 is 0 Å². The zero-order valence-corrected chi connectivity index (χ0v) is 22.3. The number of aromatic nitrogens is 3. The maximum Gasteiger partial charge on any atom is 0.138 e. The van der Waals surface area contributed by atoms with E-state index >= 15 is 0 Å². The van der Waals surface area contributed by atoms with E-state index in [-0.39, 0.29) is 0 Å². The van der Waals surface area contributed by atoms with E-state index in [0.717, 1.165) is 40.5 Å². The molecule has 194 valence electrons. The van der Waals surface area contributed by atoms with E-state index in [1.54, 1.807) is 0 Å². The first-order valence-electron chi connectivity index (χ1n) is 13.9. The van der Waals surface area contributed by atoms with Crippen LogP contribution < -0.4 is 5.32 Å². The van der Waals surface area contributed by atoms with Gasteiger partial charge in [-0.15, -0.1) is 0 Å². The molecule has 1 N–H and O–H groups in total. The lowest BCUT2D eigenvalue weighted by atomic mass is 9.96. The fraction of sp³-hybridized carbons (Fsp3) is 0.0270. The second-order valence-corrected chi connectivity index (χ2v) is 10.3. The lowest BCUT2D eigenvalue weighted by Crippen LogP contribution is -2.14. The Labute approximate surface area is 238 Å². The molecule has 8 rings (SSSR count). The molecular weight excluding hydrogens is 500 g/mol. The van der Waals surface area contributed by atoms with Gasteiger partial charge in [-0.3, -0.25) is 4.57 Å². The third-order valence-electron chi connectivity index (χ3n) is 7.89. The summed E-state index contributed by atoms with van der Waals surface area (Å²) in [6.07, 6.45) is 4.17. The average Bonchev–Trinajstić information content (AvgIpc) is 3.39. The number of benzene rings is 4. The number of fused-ring (bicyclic) bond motifs is 4. The van der Waals surface area contributed by atoms with Crippen molar-refractivity contribution in [3.8, 4) is 39.6 Å². The Morgan fingerprint density at radius 1 is 0.585 bits per heavy atom. The van der Waals surface area contributed by atoms with Crippen molar-refractivity contribution in [3.05, 3.63) is 145 Å². The Morgan fingerprint density at radius 3 is 2.24 bits per heavy atom. The topological polar surface area (TPSA) is 42.7 Å². The zero-order chi connectivity index (χ0) is 27.2. The highest BCUT2D eigenvalue weighted by Gasteiger charge is 2.19. The van der Waals surface area contributed by atoms with Crippen LogP contribution in [0, 0.1) is 0 Å². The number of nitrogens with zero attached hydrogens (tertiary/aromatic N) is 3. The highest BCUT2D eigenvalue weighted by molar-refractivity contribution is 5.97. The van der Waals surface area contributed by atoms with Crippen molar-refractivity contribution in [3.63, 3.8) is 0 Å². The maximum absolute atomic E-state index is 5.13. The van der Waals surface area contributed by atoms with Gasteiger partial charge in [-0.2, -0.15) is 0 Å². The van der Waals surface area contributed by atoms with Crippen LogP contribution in [0.15, 0.2) is 134 Å². The first-order chi connectivity index (χ1) is 20.3. The summed E-state index contributed by atoms with van der Waals surface area (Å²) >= 11 is 0. The highest BCUT2D eigenvalue weighted by atomic mass is 15.1. The van der Waals surface area contributed by atoms with E-state index in [1.165, 1.54) is 38.5 Å². The van der Waals surface area contributed by atoms with Crippen molar-refractivity contribution >= 4 is 27.8 Å². The summed E-state index contributed by atoms with van der Waals surface area (Å²) in [6, 6.07) is 44.5. The summed E-state index contributed by atoms with van der Waals surface area (Å²) in [5.74, 6) is 0.891. The minimum atomic E-state index is 0.757. The van der Waals surface area contributed by atoms with Crippen LogP contribution in [0.25, 0.3) is 67.3 Å². The van der Waals surface area contributed by atoms with Gasteiger partial charge in [0.25, 0.3) is 0 Å². The number of rotatable bonds is 4. The molecule has 0 aliphatic carbocycles. The SMILES string of the molecule is C1=Cc2c(n(-c3cccc(-c4cccc(-c5cccc(-c6cccc7ccccc67)c5)n4)n3)c3ccccc23)CN1. The van der Waals surface area contributed by atoms with E-state index in [1.807, 2.05) is 18.3 Å². The largest absolute Gasteiger partial charge is 0.385 e. The van der Waals surface area contributed by atoms with Gasteiger partial charge >= 0.3 is 0 Å². The normalized spacial score (nSPS) is 12.4. The van der Waals surface area contributed by atoms with Crippen LogP contribution in [0.5, 0.6) is 0 Å². The number of para-hydroxylation sites is 1. The molecule has 1 aliphatic rings. The molecule has 0 fully saturated rings. The van der Waals surface area contributed by atoms with Crippen LogP contribution in [0.4, 0.5) is 0 Å². The lowest BCUT2D eigenvalue weighted by molar-refractivity contribution is 0.795. The van der Waals surface area contributed by atoms with E-state index in [0.29, 0.717) is 0 Å². The molecule has 0 atom stereocenters. The fourth-order valence-electron chi connectivity index (χ4n) is 5.99. The van der Waals surface area contributed by atoms with Gasteiger partial charge in [-0.25, -0.2) is 9.97 Å². The zero-order valence-electron chi connectivity index (χ0n) is 22.3. The molecule has 7 aromatic rings. The second-order valence-electron chi connectivity index (χ2n) is 10.3. The fourth-order valence-corrected chi connectivity index (χ4v) is 5.99. The molecule has 4 nitrogen and oxygen atoms in total. The van der Waals surface area contributed by atoms with E-state index in [9.17, 15) is 0 Å². The van der Waals surface area contributed by atoms with Crippen LogP contribution in [0.1, 0.15) is 11.3 Å². The molecule has 4 heterocycles. The summed E-state index contributed by atoms with van der Waals surface area (Å²) in [4.78, 5) is 10.2. The van der Waals surface area contributed by atoms with Gasteiger partial charge in [-0.05, 0) is 70.6 Å². The minimum Gasteiger partial charge on any atom is -0.385 e. The predicted octanol–water partition coefficient (Wildman–Crippen LogP) is 8.65. The third-order valence-corrected chi connectivity index (χ3v) is 7.89. The summed E-state index contributed by atoms with van der Waals surface area (Å²) in [6.45, 7) is 0.757. The molecule has 0 saturated heterocycles. The average molecular weight is 527 g/mol. The molecular formula is C37H26N4. The van der Waals surface area contributed by atoms with Gasteiger partial charge in [0.1, 0.15) is 5.82 Å². The molecule has 41 heavy (non-hydrogen) atoms.